The number of hydroxylamine groups is 2. The number of hydrogen-bond acceptors (Lipinski definition) is 6. The van der Waals surface area contributed by atoms with Crippen LogP contribution >= 0.6 is 0 Å². The van der Waals surface area contributed by atoms with Gasteiger partial charge in [-0.3, -0.25) is 0 Å². The van der Waals surface area contributed by atoms with Crippen LogP contribution in [0.2, 0.25) is 0 Å². The highest BCUT2D eigenvalue weighted by molar-refractivity contribution is 5.89. The lowest BCUT2D eigenvalue weighted by Crippen LogP contribution is -2.32. The highest BCUT2D eigenvalue weighted by atomic mass is 16.7. The number of anilines is 1. The fourth-order valence-electron chi connectivity index (χ4n) is 2.51. The molecule has 0 spiro atoms. The van der Waals surface area contributed by atoms with Crippen molar-refractivity contribution in [3.8, 4) is 11.8 Å². The van der Waals surface area contributed by atoms with Gasteiger partial charge in [0.15, 0.2) is 0 Å². The van der Waals surface area contributed by atoms with Gasteiger partial charge in [0.1, 0.15) is 17.5 Å². The van der Waals surface area contributed by atoms with Crippen molar-refractivity contribution >= 4 is 11.8 Å². The summed E-state index contributed by atoms with van der Waals surface area (Å²) in [6.45, 7) is 1.56. The van der Waals surface area contributed by atoms with Gasteiger partial charge < -0.3 is 10.6 Å². The van der Waals surface area contributed by atoms with Crippen LogP contribution in [0.4, 0.5) is 5.82 Å². The van der Waals surface area contributed by atoms with Gasteiger partial charge in [-0.25, -0.2) is 9.48 Å². The molecule has 2 aromatic rings. The van der Waals surface area contributed by atoms with E-state index in [1.165, 1.54) is 17.3 Å². The first kappa shape index (κ1) is 15.1. The minimum absolute atomic E-state index is 0.274. The SMILES string of the molecule is N#Cc1cnn(-c2ccc(C(=O)ON3CCCCC3)cc2)c1N. The highest BCUT2D eigenvalue weighted by Crippen LogP contribution is 2.18. The zero-order chi connectivity index (χ0) is 16.2. The monoisotopic (exact) mass is 311 g/mol. The number of aromatic nitrogens is 2. The van der Waals surface area contributed by atoms with Gasteiger partial charge in [-0.1, -0.05) is 6.42 Å². The largest absolute Gasteiger partial charge is 0.382 e. The zero-order valence-electron chi connectivity index (χ0n) is 12.6. The fraction of sp³-hybridized carbons (Fsp3) is 0.312. The Bertz CT molecular complexity index is 739. The number of nitrogen functional groups attached to an aromatic ring is 1. The molecule has 0 aliphatic carbocycles. The van der Waals surface area contributed by atoms with Gasteiger partial charge in [-0.2, -0.15) is 10.4 Å². The molecule has 0 amide bonds. The minimum atomic E-state index is -0.371. The lowest BCUT2D eigenvalue weighted by molar-refractivity contribution is -0.119. The number of carbonyl (C=O) groups excluding carboxylic acids is 1. The molecule has 118 valence electrons. The predicted octanol–water partition coefficient (Wildman–Crippen LogP) is 1.88. The van der Waals surface area contributed by atoms with Gasteiger partial charge in [0.05, 0.1) is 17.4 Å². The van der Waals surface area contributed by atoms with E-state index in [2.05, 4.69) is 5.10 Å². The number of nitriles is 1. The smallest absolute Gasteiger partial charge is 0.357 e. The molecular weight excluding hydrogens is 294 g/mol. The molecule has 3 rings (SSSR count). The second kappa shape index (κ2) is 6.50. The van der Waals surface area contributed by atoms with Crippen LogP contribution in [0.3, 0.4) is 0 Å². The van der Waals surface area contributed by atoms with Crippen LogP contribution in [-0.4, -0.2) is 33.9 Å². The first-order chi connectivity index (χ1) is 11.2. The van der Waals surface area contributed by atoms with E-state index in [4.69, 9.17) is 15.8 Å². The molecule has 0 bridgehead atoms. The fourth-order valence-corrected chi connectivity index (χ4v) is 2.51. The lowest BCUT2D eigenvalue weighted by Gasteiger charge is -2.24. The molecule has 7 heteroatoms. The molecule has 0 unspecified atom stereocenters. The van der Waals surface area contributed by atoms with E-state index in [9.17, 15) is 4.79 Å². The summed E-state index contributed by atoms with van der Waals surface area (Å²) < 4.78 is 1.46. The Morgan fingerprint density at radius 2 is 1.91 bits per heavy atom. The number of hydrogen-bond donors (Lipinski definition) is 1. The summed E-state index contributed by atoms with van der Waals surface area (Å²) in [5.41, 5.74) is 7.31. The maximum atomic E-state index is 12.1. The number of rotatable bonds is 3. The van der Waals surface area contributed by atoms with Crippen molar-refractivity contribution in [1.82, 2.24) is 14.8 Å². The van der Waals surface area contributed by atoms with Crippen LogP contribution in [0, 0.1) is 11.3 Å². The molecule has 1 aromatic carbocycles. The zero-order valence-corrected chi connectivity index (χ0v) is 12.6. The quantitative estimate of drug-likeness (QED) is 0.929. The third-order valence-electron chi connectivity index (χ3n) is 3.80. The molecule has 0 radical (unpaired) electrons. The highest BCUT2D eigenvalue weighted by Gasteiger charge is 2.17. The summed E-state index contributed by atoms with van der Waals surface area (Å²) in [7, 11) is 0. The molecule has 2 heterocycles. The Balaban J connectivity index is 1.72. The first-order valence-corrected chi connectivity index (χ1v) is 7.50. The summed E-state index contributed by atoms with van der Waals surface area (Å²) in [5.74, 6) is -0.0965. The maximum absolute atomic E-state index is 12.1. The van der Waals surface area contributed by atoms with E-state index in [-0.39, 0.29) is 11.8 Å². The van der Waals surface area contributed by atoms with Crippen molar-refractivity contribution in [2.24, 2.45) is 0 Å². The molecule has 7 nitrogen and oxygen atoms in total. The number of piperidine rings is 1. The Morgan fingerprint density at radius 1 is 1.22 bits per heavy atom. The van der Waals surface area contributed by atoms with Crippen LogP contribution in [0.1, 0.15) is 35.2 Å². The maximum Gasteiger partial charge on any atom is 0.357 e. The summed E-state index contributed by atoms with van der Waals surface area (Å²) in [6.07, 6.45) is 4.69. The van der Waals surface area contributed by atoms with Crippen LogP contribution in [0.15, 0.2) is 30.5 Å². The normalized spacial score (nSPS) is 15.1. The van der Waals surface area contributed by atoms with E-state index in [0.717, 1.165) is 25.9 Å². The van der Waals surface area contributed by atoms with Crippen molar-refractivity contribution < 1.29 is 9.63 Å². The lowest BCUT2D eigenvalue weighted by atomic mass is 10.2. The van der Waals surface area contributed by atoms with Crippen molar-refractivity contribution in [3.05, 3.63) is 41.6 Å². The number of nitrogens with zero attached hydrogens (tertiary/aromatic N) is 4. The van der Waals surface area contributed by atoms with Crippen molar-refractivity contribution in [2.45, 2.75) is 19.3 Å². The molecule has 1 saturated heterocycles. The molecule has 1 aliphatic heterocycles. The predicted molar refractivity (Wildman–Crippen MR) is 83.5 cm³/mol. The van der Waals surface area contributed by atoms with Crippen LogP contribution in [-0.2, 0) is 4.84 Å². The second-order valence-corrected chi connectivity index (χ2v) is 5.38. The van der Waals surface area contributed by atoms with E-state index >= 15 is 0 Å². The van der Waals surface area contributed by atoms with Crippen LogP contribution < -0.4 is 5.73 Å². The van der Waals surface area contributed by atoms with E-state index in [0.29, 0.717) is 16.8 Å². The first-order valence-electron chi connectivity index (χ1n) is 7.50. The van der Waals surface area contributed by atoms with Gasteiger partial charge in [-0.15, -0.1) is 5.06 Å². The van der Waals surface area contributed by atoms with Crippen molar-refractivity contribution in [3.63, 3.8) is 0 Å². The van der Waals surface area contributed by atoms with Gasteiger partial charge in [0.2, 0.25) is 0 Å². The average Bonchev–Trinajstić information content (AvgIpc) is 2.96. The van der Waals surface area contributed by atoms with Crippen molar-refractivity contribution in [1.29, 1.82) is 5.26 Å². The molecule has 1 fully saturated rings. The summed E-state index contributed by atoms with van der Waals surface area (Å²) in [4.78, 5) is 17.5. The van der Waals surface area contributed by atoms with Crippen molar-refractivity contribution in [2.75, 3.05) is 18.8 Å². The topological polar surface area (TPSA) is 97.2 Å². The minimum Gasteiger partial charge on any atom is -0.382 e. The summed E-state index contributed by atoms with van der Waals surface area (Å²) in [6, 6.07) is 8.73. The molecular formula is C16H17N5O2. The molecule has 0 atom stereocenters. The Hall–Kier alpha value is -2.85. The van der Waals surface area contributed by atoms with E-state index in [1.54, 1.807) is 29.3 Å². The molecule has 1 aliphatic rings. The third-order valence-corrected chi connectivity index (χ3v) is 3.80. The van der Waals surface area contributed by atoms with Crippen LogP contribution in [0.5, 0.6) is 0 Å². The number of nitrogens with two attached hydrogens (primary N) is 1. The van der Waals surface area contributed by atoms with E-state index < -0.39 is 0 Å². The number of benzene rings is 1. The standard InChI is InChI=1S/C16H17N5O2/c17-10-13-11-19-21(15(13)18)14-6-4-12(5-7-14)16(22)23-20-8-2-1-3-9-20/h4-7,11H,1-3,8-9,18H2. The van der Waals surface area contributed by atoms with Gasteiger partial charge >= 0.3 is 5.97 Å². The van der Waals surface area contributed by atoms with Gasteiger partial charge in [0.25, 0.3) is 0 Å². The summed E-state index contributed by atoms with van der Waals surface area (Å²) in [5, 5.41) is 14.7. The average molecular weight is 311 g/mol. The Labute approximate surface area is 133 Å². The second-order valence-electron chi connectivity index (χ2n) is 5.38. The van der Waals surface area contributed by atoms with Crippen LogP contribution in [0.25, 0.3) is 5.69 Å². The number of carbonyl (C=O) groups is 1. The molecule has 0 saturated carbocycles. The summed E-state index contributed by atoms with van der Waals surface area (Å²) >= 11 is 0. The van der Waals surface area contributed by atoms with Gasteiger partial charge in [-0.05, 0) is 37.1 Å². The molecule has 1 aromatic heterocycles. The van der Waals surface area contributed by atoms with Gasteiger partial charge in [0, 0.05) is 13.1 Å². The Morgan fingerprint density at radius 3 is 2.52 bits per heavy atom. The molecule has 23 heavy (non-hydrogen) atoms. The Kier molecular flexibility index (Phi) is 4.26. The molecule has 2 N–H and O–H groups in total. The van der Waals surface area contributed by atoms with E-state index in [1.807, 2.05) is 6.07 Å². The third kappa shape index (κ3) is 3.17.